The first kappa shape index (κ1) is 13.4. The summed E-state index contributed by atoms with van der Waals surface area (Å²) < 4.78 is 14.7. The van der Waals surface area contributed by atoms with E-state index in [9.17, 15) is 4.79 Å². The van der Waals surface area contributed by atoms with Crippen molar-refractivity contribution in [1.29, 1.82) is 0 Å². The summed E-state index contributed by atoms with van der Waals surface area (Å²) in [6.07, 6.45) is 0.477. The Morgan fingerprint density at radius 3 is 2.57 bits per heavy atom. The Bertz CT molecular complexity index is 163. The van der Waals surface area contributed by atoms with Crippen LogP contribution in [0.25, 0.3) is 0 Å². The number of carbonyl (C=O) groups is 1. The molecule has 0 saturated carbocycles. The van der Waals surface area contributed by atoms with Gasteiger partial charge in [-0.15, -0.1) is 0 Å². The SMILES string of the molecule is COCC(C)OCCC(N)C(=O)OC. The molecule has 5 nitrogen and oxygen atoms in total. The Morgan fingerprint density at radius 2 is 2.07 bits per heavy atom. The zero-order valence-corrected chi connectivity index (χ0v) is 8.99. The van der Waals surface area contributed by atoms with Gasteiger partial charge in [0.1, 0.15) is 6.04 Å². The fourth-order valence-corrected chi connectivity index (χ4v) is 0.948. The van der Waals surface area contributed by atoms with E-state index >= 15 is 0 Å². The minimum absolute atomic E-state index is 0.0184. The van der Waals surface area contributed by atoms with Gasteiger partial charge in [0.05, 0.1) is 19.8 Å². The molecular formula is C9H19NO4. The lowest BCUT2D eigenvalue weighted by Gasteiger charge is -2.13. The van der Waals surface area contributed by atoms with Crippen LogP contribution < -0.4 is 5.73 Å². The van der Waals surface area contributed by atoms with Crippen molar-refractivity contribution in [2.45, 2.75) is 25.5 Å². The smallest absolute Gasteiger partial charge is 0.322 e. The maximum Gasteiger partial charge on any atom is 0.322 e. The molecule has 5 heteroatoms. The number of carbonyl (C=O) groups excluding carboxylic acids is 1. The Hall–Kier alpha value is -0.650. The molecule has 2 atom stereocenters. The zero-order chi connectivity index (χ0) is 11.0. The maximum atomic E-state index is 10.9. The molecule has 84 valence electrons. The van der Waals surface area contributed by atoms with Gasteiger partial charge >= 0.3 is 5.97 Å². The fourth-order valence-electron chi connectivity index (χ4n) is 0.948. The third-order valence-electron chi connectivity index (χ3n) is 1.74. The predicted octanol–water partition coefficient (Wildman–Crippen LogP) is -0.0717. The van der Waals surface area contributed by atoms with Gasteiger partial charge in [-0.25, -0.2) is 0 Å². The van der Waals surface area contributed by atoms with Gasteiger partial charge in [0, 0.05) is 13.7 Å². The van der Waals surface area contributed by atoms with E-state index in [1.165, 1.54) is 7.11 Å². The molecule has 0 aromatic carbocycles. The largest absolute Gasteiger partial charge is 0.468 e. The van der Waals surface area contributed by atoms with E-state index < -0.39 is 12.0 Å². The van der Waals surface area contributed by atoms with Gasteiger partial charge in [-0.2, -0.15) is 0 Å². The number of esters is 1. The number of hydrogen-bond donors (Lipinski definition) is 1. The van der Waals surface area contributed by atoms with Crippen molar-refractivity contribution < 1.29 is 19.0 Å². The van der Waals surface area contributed by atoms with Crippen LogP contribution in [0.4, 0.5) is 0 Å². The van der Waals surface area contributed by atoms with Crippen molar-refractivity contribution in [2.24, 2.45) is 5.73 Å². The van der Waals surface area contributed by atoms with Crippen molar-refractivity contribution in [2.75, 3.05) is 27.4 Å². The summed E-state index contributed by atoms with van der Waals surface area (Å²) in [7, 11) is 2.93. The maximum absolute atomic E-state index is 10.9. The third kappa shape index (κ3) is 5.90. The average Bonchev–Trinajstić information content (AvgIpc) is 2.16. The standard InChI is InChI=1S/C9H19NO4/c1-7(6-12-2)14-5-4-8(10)9(11)13-3/h7-8H,4-6,10H2,1-3H3. The van der Waals surface area contributed by atoms with Crippen molar-refractivity contribution >= 4 is 5.97 Å². The van der Waals surface area contributed by atoms with E-state index in [0.717, 1.165) is 0 Å². The minimum Gasteiger partial charge on any atom is -0.468 e. The second kappa shape index (κ2) is 7.73. The molecule has 14 heavy (non-hydrogen) atoms. The second-order valence-corrected chi connectivity index (χ2v) is 3.06. The molecule has 2 unspecified atom stereocenters. The molecule has 0 amide bonds. The van der Waals surface area contributed by atoms with Crippen molar-refractivity contribution in [1.82, 2.24) is 0 Å². The minimum atomic E-state index is -0.602. The van der Waals surface area contributed by atoms with Crippen molar-refractivity contribution in [3.63, 3.8) is 0 Å². The van der Waals surface area contributed by atoms with Gasteiger partial charge in [-0.05, 0) is 13.3 Å². The highest BCUT2D eigenvalue weighted by Gasteiger charge is 2.13. The number of methoxy groups -OCH3 is 2. The highest BCUT2D eigenvalue weighted by Crippen LogP contribution is 1.96. The first-order valence-corrected chi connectivity index (χ1v) is 4.55. The quantitative estimate of drug-likeness (QED) is 0.589. The molecule has 0 rings (SSSR count). The summed E-state index contributed by atoms with van der Waals surface area (Å²) >= 11 is 0. The zero-order valence-electron chi connectivity index (χ0n) is 8.99. The number of ether oxygens (including phenoxy) is 3. The Labute approximate surface area is 84.5 Å². The van der Waals surface area contributed by atoms with Crippen LogP contribution >= 0.6 is 0 Å². The molecule has 0 aromatic heterocycles. The van der Waals surface area contributed by atoms with Crippen LogP contribution in [0.1, 0.15) is 13.3 Å². The number of nitrogens with two attached hydrogens (primary N) is 1. The molecule has 0 bridgehead atoms. The second-order valence-electron chi connectivity index (χ2n) is 3.06. The first-order chi connectivity index (χ1) is 6.61. The van der Waals surface area contributed by atoms with Crippen LogP contribution in [0.15, 0.2) is 0 Å². The van der Waals surface area contributed by atoms with E-state index in [4.69, 9.17) is 15.2 Å². The molecule has 0 spiro atoms. The summed E-state index contributed by atoms with van der Waals surface area (Å²) in [6.45, 7) is 2.86. The Balaban J connectivity index is 3.48. The first-order valence-electron chi connectivity index (χ1n) is 4.55. The van der Waals surface area contributed by atoms with Crippen LogP contribution in [0.2, 0.25) is 0 Å². The van der Waals surface area contributed by atoms with Gasteiger partial charge < -0.3 is 19.9 Å². The fraction of sp³-hybridized carbons (Fsp3) is 0.889. The summed E-state index contributed by atoms with van der Waals surface area (Å²) in [4.78, 5) is 10.9. The number of hydrogen-bond acceptors (Lipinski definition) is 5. The summed E-state index contributed by atoms with van der Waals surface area (Å²) in [5.74, 6) is -0.409. The van der Waals surface area contributed by atoms with E-state index in [1.54, 1.807) is 7.11 Å². The highest BCUT2D eigenvalue weighted by molar-refractivity contribution is 5.75. The molecule has 0 aliphatic carbocycles. The van der Waals surface area contributed by atoms with E-state index in [-0.39, 0.29) is 6.10 Å². The van der Waals surface area contributed by atoms with Crippen LogP contribution in [0, 0.1) is 0 Å². The molecule has 0 fully saturated rings. The molecule has 0 radical (unpaired) electrons. The van der Waals surface area contributed by atoms with Crippen LogP contribution in [-0.2, 0) is 19.0 Å². The van der Waals surface area contributed by atoms with E-state index in [0.29, 0.717) is 19.6 Å². The van der Waals surface area contributed by atoms with Crippen LogP contribution in [-0.4, -0.2) is 45.5 Å². The van der Waals surface area contributed by atoms with E-state index in [2.05, 4.69) is 4.74 Å². The molecule has 0 heterocycles. The highest BCUT2D eigenvalue weighted by atomic mass is 16.5. The third-order valence-corrected chi connectivity index (χ3v) is 1.74. The topological polar surface area (TPSA) is 70.8 Å². The van der Waals surface area contributed by atoms with E-state index in [1.807, 2.05) is 6.92 Å². The van der Waals surface area contributed by atoms with Gasteiger partial charge in [-0.3, -0.25) is 4.79 Å². The lowest BCUT2D eigenvalue weighted by atomic mass is 10.2. The lowest BCUT2D eigenvalue weighted by molar-refractivity contribution is -0.142. The average molecular weight is 205 g/mol. The molecular weight excluding hydrogens is 186 g/mol. The van der Waals surface area contributed by atoms with Crippen LogP contribution in [0.3, 0.4) is 0 Å². The molecule has 0 saturated heterocycles. The Kier molecular flexibility index (Phi) is 7.37. The van der Waals surface area contributed by atoms with Crippen molar-refractivity contribution in [3.05, 3.63) is 0 Å². The summed E-state index contributed by atoms with van der Waals surface area (Å²) in [5.41, 5.74) is 5.50. The summed E-state index contributed by atoms with van der Waals surface area (Å²) in [6, 6.07) is -0.602. The predicted molar refractivity (Wildman–Crippen MR) is 51.9 cm³/mol. The van der Waals surface area contributed by atoms with Gasteiger partial charge in [-0.1, -0.05) is 0 Å². The van der Waals surface area contributed by atoms with Crippen molar-refractivity contribution in [3.8, 4) is 0 Å². The van der Waals surface area contributed by atoms with Gasteiger partial charge in [0.2, 0.25) is 0 Å². The van der Waals surface area contributed by atoms with Crippen LogP contribution in [0.5, 0.6) is 0 Å². The summed E-state index contributed by atoms with van der Waals surface area (Å²) in [5, 5.41) is 0. The molecule has 0 aliphatic heterocycles. The molecule has 2 N–H and O–H groups in total. The molecule has 0 aromatic rings. The Morgan fingerprint density at radius 1 is 1.43 bits per heavy atom. The van der Waals surface area contributed by atoms with Gasteiger partial charge in [0.25, 0.3) is 0 Å². The number of rotatable bonds is 7. The van der Waals surface area contributed by atoms with Gasteiger partial charge in [0.15, 0.2) is 0 Å². The monoisotopic (exact) mass is 205 g/mol. The lowest BCUT2D eigenvalue weighted by Crippen LogP contribution is -2.33. The molecule has 0 aliphatic rings. The normalized spacial score (nSPS) is 14.9.